The van der Waals surface area contributed by atoms with E-state index in [0.717, 1.165) is 12.8 Å². The van der Waals surface area contributed by atoms with Gasteiger partial charge in [-0.05, 0) is 23.8 Å². The highest BCUT2D eigenvalue weighted by Gasteiger charge is 2.16. The van der Waals surface area contributed by atoms with Crippen molar-refractivity contribution >= 4 is 11.6 Å². The van der Waals surface area contributed by atoms with Gasteiger partial charge in [0.15, 0.2) is 0 Å². The third kappa shape index (κ3) is 3.97. The molecule has 0 saturated heterocycles. The van der Waals surface area contributed by atoms with Gasteiger partial charge in [-0.2, -0.15) is 0 Å². The molecule has 1 aromatic rings. The highest BCUT2D eigenvalue weighted by molar-refractivity contribution is 6.25. The summed E-state index contributed by atoms with van der Waals surface area (Å²) in [4.78, 5) is 0. The Bertz CT molecular complexity index is 285. The third-order valence-electron chi connectivity index (χ3n) is 2.29. The number of hydrogen-bond acceptors (Lipinski definition) is 0. The van der Waals surface area contributed by atoms with Crippen LogP contribution in [0.4, 0.5) is 0 Å². The summed E-state index contributed by atoms with van der Waals surface area (Å²) in [5.74, 6) is 0. The number of benzene rings is 1. The Morgan fingerprint density at radius 2 is 1.86 bits per heavy atom. The molecule has 0 heterocycles. The molecule has 0 spiro atoms. The molecular formula is C13H17Cl. The van der Waals surface area contributed by atoms with Crippen LogP contribution in [-0.4, -0.2) is 0 Å². The summed E-state index contributed by atoms with van der Waals surface area (Å²) < 4.78 is 0. The molecule has 1 aromatic carbocycles. The SMILES string of the molecule is CC(C)(C/C=C\Cl)Cc1ccccc1. The van der Waals surface area contributed by atoms with Crippen LogP contribution < -0.4 is 0 Å². The van der Waals surface area contributed by atoms with Crippen molar-refractivity contribution in [3.05, 3.63) is 47.5 Å². The minimum atomic E-state index is 0.284. The average Bonchev–Trinajstić information content (AvgIpc) is 2.16. The lowest BCUT2D eigenvalue weighted by molar-refractivity contribution is 0.369. The van der Waals surface area contributed by atoms with E-state index in [-0.39, 0.29) is 5.41 Å². The topological polar surface area (TPSA) is 0 Å². The van der Waals surface area contributed by atoms with E-state index in [4.69, 9.17) is 11.6 Å². The summed E-state index contributed by atoms with van der Waals surface area (Å²) in [5.41, 5.74) is 3.28. The van der Waals surface area contributed by atoms with Gasteiger partial charge in [-0.15, -0.1) is 0 Å². The zero-order valence-corrected chi connectivity index (χ0v) is 9.59. The molecule has 1 heteroatoms. The molecule has 76 valence electrons. The van der Waals surface area contributed by atoms with Crippen molar-refractivity contribution in [3.8, 4) is 0 Å². The minimum absolute atomic E-state index is 0.284. The van der Waals surface area contributed by atoms with Crippen LogP contribution in [0.15, 0.2) is 41.9 Å². The summed E-state index contributed by atoms with van der Waals surface area (Å²) in [5, 5.41) is 0. The van der Waals surface area contributed by atoms with E-state index in [0.29, 0.717) is 0 Å². The molecule has 1 rings (SSSR count). The molecule has 0 aliphatic rings. The maximum atomic E-state index is 5.53. The fourth-order valence-corrected chi connectivity index (χ4v) is 1.67. The molecular weight excluding hydrogens is 192 g/mol. The first-order valence-electron chi connectivity index (χ1n) is 4.93. The van der Waals surface area contributed by atoms with E-state index in [1.165, 1.54) is 5.56 Å². The lowest BCUT2D eigenvalue weighted by atomic mass is 9.83. The summed E-state index contributed by atoms with van der Waals surface area (Å²) in [6.07, 6.45) is 4.13. The van der Waals surface area contributed by atoms with Gasteiger partial charge in [-0.3, -0.25) is 0 Å². The molecule has 0 unspecified atom stereocenters. The Morgan fingerprint density at radius 3 is 2.43 bits per heavy atom. The zero-order valence-electron chi connectivity index (χ0n) is 8.83. The van der Waals surface area contributed by atoms with Crippen LogP contribution >= 0.6 is 11.6 Å². The van der Waals surface area contributed by atoms with Gasteiger partial charge < -0.3 is 0 Å². The normalized spacial score (nSPS) is 12.2. The van der Waals surface area contributed by atoms with Gasteiger partial charge in [-0.1, -0.05) is 61.9 Å². The second kappa shape index (κ2) is 5.21. The molecule has 0 bridgehead atoms. The zero-order chi connectivity index (χ0) is 10.4. The van der Waals surface area contributed by atoms with Gasteiger partial charge >= 0.3 is 0 Å². The predicted octanol–water partition coefficient (Wildman–Crippen LogP) is 4.40. The number of rotatable bonds is 4. The van der Waals surface area contributed by atoms with Gasteiger partial charge in [0.2, 0.25) is 0 Å². The quantitative estimate of drug-likeness (QED) is 0.688. The fraction of sp³-hybridized carbons (Fsp3) is 0.385. The van der Waals surface area contributed by atoms with E-state index in [1.54, 1.807) is 5.54 Å². The first-order chi connectivity index (χ1) is 6.64. The van der Waals surface area contributed by atoms with E-state index in [1.807, 2.05) is 6.08 Å². The lowest BCUT2D eigenvalue weighted by Crippen LogP contribution is -2.13. The van der Waals surface area contributed by atoms with Crippen LogP contribution in [0.3, 0.4) is 0 Å². The van der Waals surface area contributed by atoms with Gasteiger partial charge in [0, 0.05) is 5.54 Å². The van der Waals surface area contributed by atoms with Crippen LogP contribution in [0.2, 0.25) is 0 Å². The molecule has 14 heavy (non-hydrogen) atoms. The summed E-state index contributed by atoms with van der Waals surface area (Å²) >= 11 is 5.53. The molecule has 0 aromatic heterocycles. The number of allylic oxidation sites excluding steroid dienone is 1. The van der Waals surface area contributed by atoms with E-state index in [2.05, 4.69) is 44.2 Å². The van der Waals surface area contributed by atoms with Crippen LogP contribution in [0.25, 0.3) is 0 Å². The van der Waals surface area contributed by atoms with Gasteiger partial charge in [0.1, 0.15) is 0 Å². The minimum Gasteiger partial charge on any atom is -0.0933 e. The van der Waals surface area contributed by atoms with Crippen molar-refractivity contribution in [2.75, 3.05) is 0 Å². The monoisotopic (exact) mass is 208 g/mol. The Labute approximate surface area is 91.6 Å². The van der Waals surface area contributed by atoms with E-state index < -0.39 is 0 Å². The lowest BCUT2D eigenvalue weighted by Gasteiger charge is -2.22. The second-order valence-electron chi connectivity index (χ2n) is 4.39. The molecule has 0 N–H and O–H groups in total. The van der Waals surface area contributed by atoms with Gasteiger partial charge in [-0.25, -0.2) is 0 Å². The van der Waals surface area contributed by atoms with E-state index >= 15 is 0 Å². The smallest absolute Gasteiger partial charge is 0.000266 e. The maximum absolute atomic E-state index is 5.53. The Balaban J connectivity index is 2.59. The summed E-state index contributed by atoms with van der Waals surface area (Å²) in [7, 11) is 0. The molecule has 0 atom stereocenters. The highest BCUT2D eigenvalue weighted by Crippen LogP contribution is 2.26. The molecule has 0 aliphatic carbocycles. The van der Waals surface area contributed by atoms with Crippen LogP contribution in [0, 0.1) is 5.41 Å². The second-order valence-corrected chi connectivity index (χ2v) is 4.64. The Morgan fingerprint density at radius 1 is 1.21 bits per heavy atom. The highest BCUT2D eigenvalue weighted by atomic mass is 35.5. The largest absolute Gasteiger partial charge is 0.0933 e. The number of halogens is 1. The molecule has 0 amide bonds. The van der Waals surface area contributed by atoms with Gasteiger partial charge in [0.25, 0.3) is 0 Å². The average molecular weight is 209 g/mol. The Hall–Kier alpha value is -0.750. The first-order valence-corrected chi connectivity index (χ1v) is 5.37. The number of hydrogen-bond donors (Lipinski definition) is 0. The van der Waals surface area contributed by atoms with Crippen LogP contribution in [0.5, 0.6) is 0 Å². The van der Waals surface area contributed by atoms with Crippen molar-refractivity contribution in [2.24, 2.45) is 5.41 Å². The van der Waals surface area contributed by atoms with Crippen molar-refractivity contribution in [1.29, 1.82) is 0 Å². The molecule has 0 saturated carbocycles. The van der Waals surface area contributed by atoms with Crippen LogP contribution in [-0.2, 0) is 6.42 Å². The van der Waals surface area contributed by atoms with Crippen molar-refractivity contribution in [3.63, 3.8) is 0 Å². The maximum Gasteiger partial charge on any atom is 0.000266 e. The molecule has 0 radical (unpaired) electrons. The van der Waals surface area contributed by atoms with E-state index in [9.17, 15) is 0 Å². The molecule has 0 nitrogen and oxygen atoms in total. The van der Waals surface area contributed by atoms with Crippen LogP contribution in [0.1, 0.15) is 25.8 Å². The molecule has 0 fully saturated rings. The van der Waals surface area contributed by atoms with Crippen molar-refractivity contribution < 1.29 is 0 Å². The predicted molar refractivity (Wildman–Crippen MR) is 63.5 cm³/mol. The third-order valence-corrected chi connectivity index (χ3v) is 2.46. The fourth-order valence-electron chi connectivity index (χ4n) is 1.58. The van der Waals surface area contributed by atoms with Crippen molar-refractivity contribution in [2.45, 2.75) is 26.7 Å². The first kappa shape index (κ1) is 11.3. The summed E-state index contributed by atoms with van der Waals surface area (Å²) in [6, 6.07) is 10.6. The van der Waals surface area contributed by atoms with Gasteiger partial charge in [0.05, 0.1) is 0 Å². The van der Waals surface area contributed by atoms with Crippen molar-refractivity contribution in [1.82, 2.24) is 0 Å². The standard InChI is InChI=1S/C13H17Cl/c1-13(2,9-6-10-14)11-12-7-4-3-5-8-12/h3-8,10H,9,11H2,1-2H3/b10-6-. The summed E-state index contributed by atoms with van der Waals surface area (Å²) in [6.45, 7) is 4.52. The Kier molecular flexibility index (Phi) is 4.21. The molecule has 0 aliphatic heterocycles.